The molecule has 0 aromatic carbocycles. The first kappa shape index (κ1) is 12.0. The van der Waals surface area contributed by atoms with E-state index in [0.717, 1.165) is 19.6 Å². The fourth-order valence-corrected chi connectivity index (χ4v) is 1.82. The number of hydrogen-bond donors (Lipinski definition) is 2. The molecule has 0 saturated carbocycles. The molecule has 3 heteroatoms. The maximum absolute atomic E-state index is 9.02. The van der Waals surface area contributed by atoms with Gasteiger partial charge in [-0.1, -0.05) is 6.92 Å². The van der Waals surface area contributed by atoms with E-state index in [4.69, 9.17) is 9.84 Å². The van der Waals surface area contributed by atoms with E-state index in [9.17, 15) is 0 Å². The molecule has 0 amide bonds. The maximum Gasteiger partial charge on any atom is 0.0509 e. The van der Waals surface area contributed by atoms with Crippen LogP contribution in [0.2, 0.25) is 0 Å². The van der Waals surface area contributed by atoms with Gasteiger partial charge in [-0.2, -0.15) is 0 Å². The van der Waals surface area contributed by atoms with Crippen molar-refractivity contribution >= 4 is 0 Å². The van der Waals surface area contributed by atoms with E-state index >= 15 is 0 Å². The zero-order valence-corrected chi connectivity index (χ0v) is 9.49. The van der Waals surface area contributed by atoms with Gasteiger partial charge in [-0.3, -0.25) is 0 Å². The predicted molar refractivity (Wildman–Crippen MR) is 57.2 cm³/mol. The molecule has 0 aromatic heterocycles. The van der Waals surface area contributed by atoms with Gasteiger partial charge in [0.05, 0.1) is 6.61 Å². The zero-order valence-electron chi connectivity index (χ0n) is 9.49. The van der Waals surface area contributed by atoms with Crippen molar-refractivity contribution in [3.05, 3.63) is 0 Å². The fraction of sp³-hybridized carbons (Fsp3) is 1.00. The summed E-state index contributed by atoms with van der Waals surface area (Å²) in [5, 5.41) is 12.6. The third kappa shape index (κ3) is 3.23. The molecule has 0 spiro atoms. The largest absolute Gasteiger partial charge is 0.396 e. The molecule has 1 fully saturated rings. The van der Waals surface area contributed by atoms with Gasteiger partial charge in [0, 0.05) is 25.3 Å². The normalized spacial score (nSPS) is 28.7. The van der Waals surface area contributed by atoms with Crippen LogP contribution >= 0.6 is 0 Å². The molecule has 1 rings (SSSR count). The minimum Gasteiger partial charge on any atom is -0.396 e. The highest BCUT2D eigenvalue weighted by Crippen LogP contribution is 2.17. The molecule has 3 nitrogen and oxygen atoms in total. The summed E-state index contributed by atoms with van der Waals surface area (Å²) >= 11 is 0. The van der Waals surface area contributed by atoms with Crippen molar-refractivity contribution in [1.29, 1.82) is 0 Å². The summed E-state index contributed by atoms with van der Waals surface area (Å²) in [5.74, 6) is 0.961. The maximum atomic E-state index is 9.02. The molecule has 14 heavy (non-hydrogen) atoms. The van der Waals surface area contributed by atoms with Gasteiger partial charge in [-0.25, -0.2) is 0 Å². The Morgan fingerprint density at radius 3 is 2.64 bits per heavy atom. The van der Waals surface area contributed by atoms with Gasteiger partial charge in [0.1, 0.15) is 0 Å². The lowest BCUT2D eigenvalue weighted by atomic mass is 9.97. The Labute approximate surface area is 86.8 Å². The van der Waals surface area contributed by atoms with Gasteiger partial charge in [0.15, 0.2) is 0 Å². The van der Waals surface area contributed by atoms with Crippen LogP contribution in [0, 0.1) is 11.8 Å². The summed E-state index contributed by atoms with van der Waals surface area (Å²) in [6, 6.07) is 0.858. The number of hydrogen-bond acceptors (Lipinski definition) is 3. The van der Waals surface area contributed by atoms with Crippen LogP contribution in [0.5, 0.6) is 0 Å². The first-order chi connectivity index (χ1) is 6.65. The van der Waals surface area contributed by atoms with Crippen molar-refractivity contribution in [1.82, 2.24) is 5.32 Å². The molecule has 1 aliphatic rings. The summed E-state index contributed by atoms with van der Waals surface area (Å²) < 4.78 is 5.36. The Kier molecular flexibility index (Phi) is 4.85. The summed E-state index contributed by atoms with van der Waals surface area (Å²) in [7, 11) is 0. The van der Waals surface area contributed by atoms with Crippen LogP contribution in [0.1, 0.15) is 27.2 Å². The zero-order chi connectivity index (χ0) is 10.6. The van der Waals surface area contributed by atoms with Crippen LogP contribution in [-0.2, 0) is 4.74 Å². The monoisotopic (exact) mass is 201 g/mol. The van der Waals surface area contributed by atoms with E-state index in [1.807, 2.05) is 0 Å². The lowest BCUT2D eigenvalue weighted by molar-refractivity contribution is 0.167. The van der Waals surface area contributed by atoms with Crippen LogP contribution in [-0.4, -0.2) is 37.0 Å². The summed E-state index contributed by atoms with van der Waals surface area (Å²) in [6.07, 6.45) is 1.16. The molecule has 0 aliphatic carbocycles. The highest BCUT2D eigenvalue weighted by Gasteiger charge is 2.24. The third-order valence-corrected chi connectivity index (χ3v) is 3.34. The van der Waals surface area contributed by atoms with Crippen molar-refractivity contribution in [2.75, 3.05) is 19.8 Å². The van der Waals surface area contributed by atoms with Gasteiger partial charge >= 0.3 is 0 Å². The second kappa shape index (κ2) is 5.69. The molecule has 1 aliphatic heterocycles. The van der Waals surface area contributed by atoms with Gasteiger partial charge in [0.25, 0.3) is 0 Å². The van der Waals surface area contributed by atoms with E-state index in [1.54, 1.807) is 0 Å². The van der Waals surface area contributed by atoms with Crippen LogP contribution in [0.25, 0.3) is 0 Å². The minimum absolute atomic E-state index is 0.252. The molecule has 0 bridgehead atoms. The van der Waals surface area contributed by atoms with E-state index < -0.39 is 0 Å². The molecule has 4 unspecified atom stereocenters. The van der Waals surface area contributed by atoms with Gasteiger partial charge in [0.2, 0.25) is 0 Å². The number of nitrogens with one attached hydrogen (secondary N) is 1. The van der Waals surface area contributed by atoms with Crippen LogP contribution < -0.4 is 5.32 Å². The van der Waals surface area contributed by atoms with Crippen molar-refractivity contribution in [2.45, 2.75) is 39.3 Å². The van der Waals surface area contributed by atoms with Gasteiger partial charge < -0.3 is 15.2 Å². The quantitative estimate of drug-likeness (QED) is 0.698. The molecular formula is C11H23NO2. The highest BCUT2D eigenvalue weighted by atomic mass is 16.5. The summed E-state index contributed by atoms with van der Waals surface area (Å²) in [4.78, 5) is 0. The first-order valence-corrected chi connectivity index (χ1v) is 5.59. The average Bonchev–Trinajstić information content (AvgIpc) is 2.69. The summed E-state index contributed by atoms with van der Waals surface area (Å²) in [6.45, 7) is 8.44. The third-order valence-electron chi connectivity index (χ3n) is 3.34. The number of ether oxygens (including phenoxy) is 1. The molecule has 0 aromatic rings. The van der Waals surface area contributed by atoms with E-state index in [0.29, 0.717) is 23.9 Å². The van der Waals surface area contributed by atoms with Crippen molar-refractivity contribution in [3.63, 3.8) is 0 Å². The smallest absolute Gasteiger partial charge is 0.0509 e. The Balaban J connectivity index is 2.27. The first-order valence-electron chi connectivity index (χ1n) is 5.59. The van der Waals surface area contributed by atoms with E-state index in [2.05, 4.69) is 26.1 Å². The molecule has 1 saturated heterocycles. The predicted octanol–water partition coefficient (Wildman–Crippen LogP) is 1.02. The lowest BCUT2D eigenvalue weighted by Crippen LogP contribution is -2.43. The topological polar surface area (TPSA) is 41.5 Å². The summed E-state index contributed by atoms with van der Waals surface area (Å²) in [5.41, 5.74) is 0. The van der Waals surface area contributed by atoms with Crippen LogP contribution in [0.3, 0.4) is 0 Å². The van der Waals surface area contributed by atoms with Crippen LogP contribution in [0.4, 0.5) is 0 Å². The molecule has 0 radical (unpaired) electrons. The average molecular weight is 201 g/mol. The Hall–Kier alpha value is -0.120. The number of aliphatic hydroxyl groups is 1. The molecule has 84 valence electrons. The second-order valence-corrected chi connectivity index (χ2v) is 4.53. The van der Waals surface area contributed by atoms with E-state index in [1.165, 1.54) is 0 Å². The van der Waals surface area contributed by atoms with Crippen molar-refractivity contribution in [3.8, 4) is 0 Å². The Morgan fingerprint density at radius 1 is 1.43 bits per heavy atom. The highest BCUT2D eigenvalue weighted by molar-refractivity contribution is 4.79. The molecular weight excluding hydrogens is 178 g/mol. The minimum atomic E-state index is 0.252. The molecule has 4 atom stereocenters. The Morgan fingerprint density at radius 2 is 2.14 bits per heavy atom. The lowest BCUT2D eigenvalue weighted by Gasteiger charge is -2.27. The molecule has 2 N–H and O–H groups in total. The molecule has 1 heterocycles. The van der Waals surface area contributed by atoms with Crippen LogP contribution in [0.15, 0.2) is 0 Å². The Bertz CT molecular complexity index is 157. The van der Waals surface area contributed by atoms with E-state index in [-0.39, 0.29) is 6.61 Å². The second-order valence-electron chi connectivity index (χ2n) is 4.53. The standard InChI is InChI=1S/C11H23NO2/c1-8(6-13)9(2)12-10(3)11-4-5-14-7-11/h8-13H,4-7H2,1-3H3. The van der Waals surface area contributed by atoms with Gasteiger partial charge in [-0.05, 0) is 32.1 Å². The number of rotatable bonds is 5. The SMILES string of the molecule is CC(CO)C(C)NC(C)C1CCOC1. The van der Waals surface area contributed by atoms with Crippen molar-refractivity contribution in [2.24, 2.45) is 11.8 Å². The fourth-order valence-electron chi connectivity index (χ4n) is 1.82. The number of aliphatic hydroxyl groups excluding tert-OH is 1. The van der Waals surface area contributed by atoms with Gasteiger partial charge in [-0.15, -0.1) is 0 Å². The van der Waals surface area contributed by atoms with Crippen molar-refractivity contribution < 1.29 is 9.84 Å².